The Morgan fingerprint density at radius 1 is 0.939 bits per heavy atom. The Kier molecular flexibility index (Phi) is 5.97. The summed E-state index contributed by atoms with van der Waals surface area (Å²) in [5.41, 5.74) is 0.855. The second-order valence-electron chi connectivity index (χ2n) is 7.68. The van der Waals surface area contributed by atoms with Crippen molar-refractivity contribution in [2.24, 2.45) is 0 Å². The maximum atomic E-state index is 13.5. The fraction of sp³-hybridized carbons (Fsp3) is 0.200. The molecule has 2 heterocycles. The van der Waals surface area contributed by atoms with Crippen LogP contribution in [-0.4, -0.2) is 28.7 Å². The minimum Gasteiger partial charge on any atom is -0.497 e. The largest absolute Gasteiger partial charge is 0.497 e. The first-order valence-electron chi connectivity index (χ1n) is 10.6. The molecule has 5 rings (SSSR count). The predicted molar refractivity (Wildman–Crippen MR) is 129 cm³/mol. The van der Waals surface area contributed by atoms with Gasteiger partial charge in [0.05, 0.1) is 31.3 Å². The van der Waals surface area contributed by atoms with Crippen LogP contribution in [-0.2, 0) is 10.0 Å². The number of rotatable bonds is 6. The number of ether oxygens (including phenoxy) is 3. The Morgan fingerprint density at radius 3 is 2.52 bits per heavy atom. The van der Waals surface area contributed by atoms with Crippen molar-refractivity contribution in [3.05, 3.63) is 83.2 Å². The third-order valence-corrected chi connectivity index (χ3v) is 8.06. The molecule has 0 aliphatic carbocycles. The number of sulfonamides is 1. The van der Waals surface area contributed by atoms with E-state index in [-0.39, 0.29) is 4.90 Å². The second-order valence-corrected chi connectivity index (χ2v) is 10.5. The highest BCUT2D eigenvalue weighted by molar-refractivity contribution is 7.89. The van der Waals surface area contributed by atoms with Gasteiger partial charge in [0, 0.05) is 22.1 Å². The molecular formula is C25H23NO5S2. The van der Waals surface area contributed by atoms with Crippen LogP contribution >= 0.6 is 11.3 Å². The number of methoxy groups -OCH3 is 1. The van der Waals surface area contributed by atoms with Gasteiger partial charge in [-0.25, -0.2) is 8.42 Å². The Balaban J connectivity index is 1.53. The number of hydrogen-bond donors (Lipinski definition) is 1. The van der Waals surface area contributed by atoms with Crippen molar-refractivity contribution in [1.82, 2.24) is 4.72 Å². The van der Waals surface area contributed by atoms with E-state index in [9.17, 15) is 8.42 Å². The normalized spacial score (nSPS) is 14.6. The quantitative estimate of drug-likeness (QED) is 0.413. The predicted octanol–water partition coefficient (Wildman–Crippen LogP) is 5.14. The van der Waals surface area contributed by atoms with Gasteiger partial charge in [0.25, 0.3) is 0 Å². The summed E-state index contributed by atoms with van der Waals surface area (Å²) >= 11 is 1.55. The maximum absolute atomic E-state index is 13.5. The number of fused-ring (bicyclic) bond motifs is 2. The van der Waals surface area contributed by atoms with Crippen LogP contribution in [0.1, 0.15) is 22.9 Å². The highest BCUT2D eigenvalue weighted by atomic mass is 32.2. The van der Waals surface area contributed by atoms with Gasteiger partial charge >= 0.3 is 0 Å². The summed E-state index contributed by atoms with van der Waals surface area (Å²) in [4.78, 5) is 1.03. The van der Waals surface area contributed by atoms with Gasteiger partial charge in [-0.05, 0) is 47.3 Å². The summed E-state index contributed by atoms with van der Waals surface area (Å²) in [6.45, 7) is 1.03. The molecule has 1 aliphatic heterocycles. The molecular weight excluding hydrogens is 458 g/mol. The van der Waals surface area contributed by atoms with Crippen LogP contribution in [0.2, 0.25) is 0 Å². The molecule has 0 radical (unpaired) electrons. The van der Waals surface area contributed by atoms with Crippen LogP contribution in [0.25, 0.3) is 10.1 Å². The minimum absolute atomic E-state index is 0.135. The number of thiophene rings is 1. The number of benzene rings is 3. The molecule has 1 aliphatic rings. The molecule has 8 heteroatoms. The molecule has 1 N–H and O–H groups in total. The van der Waals surface area contributed by atoms with E-state index >= 15 is 0 Å². The molecule has 0 amide bonds. The molecule has 0 spiro atoms. The molecule has 6 nitrogen and oxygen atoms in total. The van der Waals surface area contributed by atoms with Crippen LogP contribution in [0, 0.1) is 0 Å². The van der Waals surface area contributed by atoms with Crippen molar-refractivity contribution in [2.45, 2.75) is 17.4 Å². The Morgan fingerprint density at radius 2 is 1.73 bits per heavy atom. The Labute approximate surface area is 196 Å². The third-order valence-electron chi connectivity index (χ3n) is 5.46. The molecule has 1 atom stereocenters. The molecule has 4 aromatic rings. The summed E-state index contributed by atoms with van der Waals surface area (Å²) in [5, 5.41) is 1.00. The van der Waals surface area contributed by atoms with Crippen LogP contribution in [0.4, 0.5) is 0 Å². The number of nitrogens with one attached hydrogen (secondary N) is 1. The zero-order chi connectivity index (χ0) is 22.8. The van der Waals surface area contributed by atoms with Crippen molar-refractivity contribution in [2.75, 3.05) is 20.3 Å². The zero-order valence-electron chi connectivity index (χ0n) is 18.0. The Hall–Kier alpha value is -3.07. The lowest BCUT2D eigenvalue weighted by Gasteiger charge is -2.19. The molecule has 3 aromatic carbocycles. The van der Waals surface area contributed by atoms with Crippen molar-refractivity contribution in [1.29, 1.82) is 0 Å². The first-order chi connectivity index (χ1) is 16.0. The molecule has 0 fully saturated rings. The molecule has 0 bridgehead atoms. The van der Waals surface area contributed by atoms with Crippen LogP contribution < -0.4 is 18.9 Å². The average Bonchev–Trinajstić information content (AvgIpc) is 3.11. The van der Waals surface area contributed by atoms with Crippen molar-refractivity contribution < 1.29 is 22.6 Å². The summed E-state index contributed by atoms with van der Waals surface area (Å²) in [6, 6.07) is 21.6. The first kappa shape index (κ1) is 21.8. The smallest absolute Gasteiger partial charge is 0.241 e. The molecule has 0 saturated carbocycles. The average molecular weight is 482 g/mol. The van der Waals surface area contributed by atoms with Crippen LogP contribution in [0.15, 0.2) is 77.7 Å². The van der Waals surface area contributed by atoms with E-state index in [1.807, 2.05) is 54.6 Å². The fourth-order valence-corrected chi connectivity index (χ4v) is 6.20. The van der Waals surface area contributed by atoms with E-state index < -0.39 is 16.1 Å². The van der Waals surface area contributed by atoms with E-state index in [4.69, 9.17) is 14.2 Å². The van der Waals surface area contributed by atoms with Crippen molar-refractivity contribution in [3.8, 4) is 17.2 Å². The third kappa shape index (κ3) is 4.55. The molecule has 33 heavy (non-hydrogen) atoms. The van der Waals surface area contributed by atoms with Gasteiger partial charge in [-0.3, -0.25) is 0 Å². The maximum Gasteiger partial charge on any atom is 0.241 e. The van der Waals surface area contributed by atoms with Gasteiger partial charge in [0.15, 0.2) is 11.5 Å². The molecule has 0 saturated heterocycles. The van der Waals surface area contributed by atoms with Gasteiger partial charge in [-0.1, -0.05) is 30.3 Å². The summed E-state index contributed by atoms with van der Waals surface area (Å²) < 4.78 is 47.5. The van der Waals surface area contributed by atoms with E-state index in [2.05, 4.69) is 4.72 Å². The van der Waals surface area contributed by atoms with Crippen molar-refractivity contribution in [3.63, 3.8) is 0 Å². The molecule has 0 unspecified atom stereocenters. The number of hydrogen-bond acceptors (Lipinski definition) is 6. The zero-order valence-corrected chi connectivity index (χ0v) is 19.6. The van der Waals surface area contributed by atoms with Gasteiger partial charge in [0.1, 0.15) is 5.75 Å². The Bertz CT molecular complexity index is 1380. The molecule has 1 aromatic heterocycles. The lowest BCUT2D eigenvalue weighted by Crippen LogP contribution is -2.29. The van der Waals surface area contributed by atoms with Gasteiger partial charge in [-0.2, -0.15) is 4.72 Å². The minimum atomic E-state index is -3.86. The lowest BCUT2D eigenvalue weighted by molar-refractivity contribution is 0.297. The van der Waals surface area contributed by atoms with Gasteiger partial charge < -0.3 is 14.2 Å². The monoisotopic (exact) mass is 481 g/mol. The van der Waals surface area contributed by atoms with Gasteiger partial charge in [-0.15, -0.1) is 11.3 Å². The first-order valence-corrected chi connectivity index (χ1v) is 12.9. The highest BCUT2D eigenvalue weighted by Crippen LogP contribution is 2.37. The summed E-state index contributed by atoms with van der Waals surface area (Å²) in [7, 11) is -2.23. The fourth-order valence-electron chi connectivity index (χ4n) is 3.78. The second kappa shape index (κ2) is 9.05. The van der Waals surface area contributed by atoms with E-state index in [0.29, 0.717) is 24.7 Å². The topological polar surface area (TPSA) is 73.9 Å². The highest BCUT2D eigenvalue weighted by Gasteiger charge is 2.26. The standard InChI is InChI=1S/C25H23NO5S2/c1-29-19-8-11-23-18(14-19)15-24(32-23)25(17-6-3-2-4-7-17)26-33(27,28)20-9-10-21-22(16-20)31-13-5-12-30-21/h2-4,6-11,14-16,25-26H,5,12-13H2,1H3/t25-/m1/s1. The van der Waals surface area contributed by atoms with Crippen molar-refractivity contribution >= 4 is 31.4 Å². The van der Waals surface area contributed by atoms with E-state index in [1.165, 1.54) is 6.07 Å². The van der Waals surface area contributed by atoms with Crippen LogP contribution in [0.3, 0.4) is 0 Å². The van der Waals surface area contributed by atoms with Crippen LogP contribution in [0.5, 0.6) is 17.2 Å². The molecule has 170 valence electrons. The SMILES string of the molecule is COc1ccc2sc([C@H](NS(=O)(=O)c3ccc4c(c3)OCCCO4)c3ccccc3)cc2c1. The van der Waals surface area contributed by atoms with E-state index in [0.717, 1.165) is 32.7 Å². The lowest BCUT2D eigenvalue weighted by atomic mass is 10.1. The summed E-state index contributed by atoms with van der Waals surface area (Å²) in [5.74, 6) is 1.76. The van der Waals surface area contributed by atoms with Gasteiger partial charge in [0.2, 0.25) is 10.0 Å². The summed E-state index contributed by atoms with van der Waals surface area (Å²) in [6.07, 6.45) is 0.752. The van der Waals surface area contributed by atoms with E-state index in [1.54, 1.807) is 30.6 Å².